The maximum absolute atomic E-state index is 5.87. The van der Waals surface area contributed by atoms with E-state index in [0.29, 0.717) is 11.5 Å². The summed E-state index contributed by atoms with van der Waals surface area (Å²) in [5, 5.41) is 3.67. The SMILES string of the molecule is CCCC(C)CC1(CNCC(C)C)CCOC1C. The second-order valence-electron chi connectivity index (χ2n) is 6.75. The Labute approximate surface area is 114 Å². The van der Waals surface area contributed by atoms with E-state index in [1.165, 1.54) is 25.7 Å². The van der Waals surface area contributed by atoms with E-state index in [4.69, 9.17) is 4.74 Å². The van der Waals surface area contributed by atoms with Crippen LogP contribution < -0.4 is 5.32 Å². The molecule has 108 valence electrons. The molecule has 3 atom stereocenters. The fraction of sp³-hybridized carbons (Fsp3) is 1.00. The molecule has 3 unspecified atom stereocenters. The van der Waals surface area contributed by atoms with Crippen molar-refractivity contribution in [2.45, 2.75) is 66.4 Å². The second-order valence-corrected chi connectivity index (χ2v) is 6.75. The van der Waals surface area contributed by atoms with Crippen molar-refractivity contribution in [1.82, 2.24) is 5.32 Å². The molecule has 0 aromatic carbocycles. The van der Waals surface area contributed by atoms with E-state index in [0.717, 1.165) is 31.5 Å². The van der Waals surface area contributed by atoms with E-state index in [-0.39, 0.29) is 0 Å². The lowest BCUT2D eigenvalue weighted by atomic mass is 9.73. The molecule has 2 heteroatoms. The molecule has 1 aliphatic heterocycles. The Morgan fingerprint density at radius 1 is 1.33 bits per heavy atom. The summed E-state index contributed by atoms with van der Waals surface area (Å²) in [6, 6.07) is 0. The Morgan fingerprint density at radius 3 is 2.56 bits per heavy atom. The maximum atomic E-state index is 5.87. The van der Waals surface area contributed by atoms with Gasteiger partial charge in [-0.05, 0) is 38.1 Å². The Hall–Kier alpha value is -0.0800. The molecule has 1 saturated heterocycles. The van der Waals surface area contributed by atoms with Gasteiger partial charge in [-0.2, -0.15) is 0 Å². The van der Waals surface area contributed by atoms with Crippen molar-refractivity contribution in [2.24, 2.45) is 17.3 Å². The highest BCUT2D eigenvalue weighted by Gasteiger charge is 2.41. The lowest BCUT2D eigenvalue weighted by molar-refractivity contribution is 0.0493. The molecule has 18 heavy (non-hydrogen) atoms. The predicted octanol–water partition coefficient (Wildman–Crippen LogP) is 3.85. The van der Waals surface area contributed by atoms with Crippen LogP contribution in [0.15, 0.2) is 0 Å². The Balaban J connectivity index is 2.53. The van der Waals surface area contributed by atoms with Crippen LogP contribution in [-0.4, -0.2) is 25.8 Å². The molecule has 0 radical (unpaired) electrons. The van der Waals surface area contributed by atoms with Gasteiger partial charge in [0, 0.05) is 18.6 Å². The summed E-state index contributed by atoms with van der Waals surface area (Å²) in [7, 11) is 0. The van der Waals surface area contributed by atoms with Crippen LogP contribution in [0, 0.1) is 17.3 Å². The van der Waals surface area contributed by atoms with Gasteiger partial charge in [-0.15, -0.1) is 0 Å². The van der Waals surface area contributed by atoms with Crippen molar-refractivity contribution in [3.63, 3.8) is 0 Å². The Kier molecular flexibility index (Phi) is 6.65. The molecule has 0 aliphatic carbocycles. The summed E-state index contributed by atoms with van der Waals surface area (Å²) in [5.41, 5.74) is 0.378. The zero-order valence-electron chi connectivity index (χ0n) is 13.1. The van der Waals surface area contributed by atoms with Gasteiger partial charge in [0.15, 0.2) is 0 Å². The number of rotatable bonds is 8. The Bertz CT molecular complexity index is 229. The predicted molar refractivity (Wildman–Crippen MR) is 78.9 cm³/mol. The maximum Gasteiger partial charge on any atom is 0.0616 e. The average Bonchev–Trinajstić information content (AvgIpc) is 2.60. The third kappa shape index (κ3) is 4.55. The van der Waals surface area contributed by atoms with Crippen molar-refractivity contribution < 1.29 is 4.74 Å². The number of hydrogen-bond acceptors (Lipinski definition) is 2. The molecule has 1 heterocycles. The first-order valence-corrected chi connectivity index (χ1v) is 7.82. The molecule has 1 N–H and O–H groups in total. The van der Waals surface area contributed by atoms with Crippen molar-refractivity contribution in [3.8, 4) is 0 Å². The van der Waals surface area contributed by atoms with E-state index in [1.54, 1.807) is 0 Å². The highest BCUT2D eigenvalue weighted by atomic mass is 16.5. The monoisotopic (exact) mass is 255 g/mol. The van der Waals surface area contributed by atoms with E-state index >= 15 is 0 Å². The molecule has 0 aromatic heterocycles. The molecule has 2 nitrogen and oxygen atoms in total. The summed E-state index contributed by atoms with van der Waals surface area (Å²) in [4.78, 5) is 0. The number of nitrogens with one attached hydrogen (secondary N) is 1. The lowest BCUT2D eigenvalue weighted by Gasteiger charge is -2.35. The quantitative estimate of drug-likeness (QED) is 0.711. The highest BCUT2D eigenvalue weighted by molar-refractivity contribution is 4.92. The van der Waals surface area contributed by atoms with Crippen LogP contribution in [0.4, 0.5) is 0 Å². The normalized spacial score (nSPS) is 30.0. The molecule has 0 bridgehead atoms. The largest absolute Gasteiger partial charge is 0.378 e. The first kappa shape index (κ1) is 16.0. The smallest absolute Gasteiger partial charge is 0.0616 e. The minimum atomic E-state index is 0.378. The van der Waals surface area contributed by atoms with E-state index in [1.807, 2.05) is 0 Å². The number of hydrogen-bond donors (Lipinski definition) is 1. The third-order valence-electron chi connectivity index (χ3n) is 4.40. The molecular formula is C16H33NO. The molecule has 1 fully saturated rings. The van der Waals surface area contributed by atoms with Crippen molar-refractivity contribution in [1.29, 1.82) is 0 Å². The van der Waals surface area contributed by atoms with Crippen LogP contribution >= 0.6 is 0 Å². The first-order valence-electron chi connectivity index (χ1n) is 7.82. The molecular weight excluding hydrogens is 222 g/mol. The van der Waals surface area contributed by atoms with Gasteiger partial charge in [0.1, 0.15) is 0 Å². The lowest BCUT2D eigenvalue weighted by Crippen LogP contribution is -2.41. The zero-order chi connectivity index (χ0) is 13.6. The van der Waals surface area contributed by atoms with Crippen LogP contribution in [0.3, 0.4) is 0 Å². The molecule has 0 spiro atoms. The summed E-state index contributed by atoms with van der Waals surface area (Å²) < 4.78 is 5.87. The van der Waals surface area contributed by atoms with E-state index in [9.17, 15) is 0 Å². The van der Waals surface area contributed by atoms with Gasteiger partial charge in [0.2, 0.25) is 0 Å². The van der Waals surface area contributed by atoms with Crippen LogP contribution in [0.1, 0.15) is 60.3 Å². The Morgan fingerprint density at radius 2 is 2.06 bits per heavy atom. The van der Waals surface area contributed by atoms with Gasteiger partial charge < -0.3 is 10.1 Å². The van der Waals surface area contributed by atoms with Crippen molar-refractivity contribution >= 4 is 0 Å². The summed E-state index contributed by atoms with van der Waals surface area (Å²) in [6.45, 7) is 14.7. The van der Waals surface area contributed by atoms with Gasteiger partial charge in [-0.25, -0.2) is 0 Å². The third-order valence-corrected chi connectivity index (χ3v) is 4.40. The fourth-order valence-corrected chi connectivity index (χ4v) is 3.29. The fourth-order valence-electron chi connectivity index (χ4n) is 3.29. The summed E-state index contributed by atoms with van der Waals surface area (Å²) in [6.07, 6.45) is 5.60. The first-order chi connectivity index (χ1) is 8.50. The van der Waals surface area contributed by atoms with Gasteiger partial charge in [0.05, 0.1) is 6.10 Å². The van der Waals surface area contributed by atoms with Gasteiger partial charge in [-0.3, -0.25) is 0 Å². The molecule has 0 aromatic rings. The highest BCUT2D eigenvalue weighted by Crippen LogP contribution is 2.41. The van der Waals surface area contributed by atoms with Crippen molar-refractivity contribution in [2.75, 3.05) is 19.7 Å². The van der Waals surface area contributed by atoms with Crippen molar-refractivity contribution in [3.05, 3.63) is 0 Å². The number of ether oxygens (including phenoxy) is 1. The molecule has 0 amide bonds. The van der Waals surface area contributed by atoms with Gasteiger partial charge in [0.25, 0.3) is 0 Å². The minimum absolute atomic E-state index is 0.378. The van der Waals surface area contributed by atoms with Crippen LogP contribution in [-0.2, 0) is 4.74 Å². The zero-order valence-corrected chi connectivity index (χ0v) is 13.1. The molecule has 0 saturated carbocycles. The molecule has 1 rings (SSSR count). The summed E-state index contributed by atoms with van der Waals surface area (Å²) >= 11 is 0. The molecule has 1 aliphatic rings. The topological polar surface area (TPSA) is 21.3 Å². The second kappa shape index (κ2) is 7.49. The standard InChI is InChI=1S/C16H33NO/c1-6-7-14(4)10-16(8-9-18-15(16)5)12-17-11-13(2)3/h13-15,17H,6-12H2,1-5H3. The average molecular weight is 255 g/mol. The van der Waals surface area contributed by atoms with Crippen LogP contribution in [0.5, 0.6) is 0 Å². The van der Waals surface area contributed by atoms with Gasteiger partial charge >= 0.3 is 0 Å². The van der Waals surface area contributed by atoms with Gasteiger partial charge in [-0.1, -0.05) is 40.5 Å². The van der Waals surface area contributed by atoms with E-state index < -0.39 is 0 Å². The van der Waals surface area contributed by atoms with E-state index in [2.05, 4.69) is 39.9 Å². The van der Waals surface area contributed by atoms with Crippen LogP contribution in [0.25, 0.3) is 0 Å². The minimum Gasteiger partial charge on any atom is -0.378 e. The summed E-state index contributed by atoms with van der Waals surface area (Å²) in [5.74, 6) is 1.55. The van der Waals surface area contributed by atoms with Crippen LogP contribution in [0.2, 0.25) is 0 Å².